The van der Waals surface area contributed by atoms with Crippen molar-refractivity contribution in [3.63, 3.8) is 0 Å². The Hall–Kier alpha value is -3.80. The lowest BCUT2D eigenvalue weighted by atomic mass is 10.1. The van der Waals surface area contributed by atoms with Crippen LogP contribution in [0.15, 0.2) is 54.2 Å². The average Bonchev–Trinajstić information content (AvgIpc) is 2.75. The van der Waals surface area contributed by atoms with Crippen LogP contribution in [0.1, 0.15) is 11.1 Å². The van der Waals surface area contributed by atoms with Crippen molar-refractivity contribution < 1.29 is 41.9 Å². The van der Waals surface area contributed by atoms with Gasteiger partial charge in [0.05, 0.1) is 22.6 Å². The Labute approximate surface area is 190 Å². The van der Waals surface area contributed by atoms with Gasteiger partial charge in [0.1, 0.15) is 23.7 Å². The minimum absolute atomic E-state index is 0.0209. The molecule has 2 aromatic carbocycles. The van der Waals surface area contributed by atoms with Crippen LogP contribution in [-0.4, -0.2) is 37.1 Å². The second-order valence-corrected chi connectivity index (χ2v) is 6.43. The highest BCUT2D eigenvalue weighted by Crippen LogP contribution is 2.37. The molecular formula is C20H16ClF3N2O7. The number of halogens is 4. The van der Waals surface area contributed by atoms with E-state index in [1.165, 1.54) is 12.1 Å². The number of oxime groups is 1. The minimum atomic E-state index is -4.59. The van der Waals surface area contributed by atoms with Crippen LogP contribution in [-0.2, 0) is 25.3 Å². The van der Waals surface area contributed by atoms with Gasteiger partial charge < -0.3 is 19.0 Å². The maximum Gasteiger partial charge on any atom is 0.416 e. The highest BCUT2D eigenvalue weighted by atomic mass is 35.5. The molecule has 0 amide bonds. The summed E-state index contributed by atoms with van der Waals surface area (Å²) in [6.07, 6.45) is -3.25. The molecule has 0 saturated carbocycles. The van der Waals surface area contributed by atoms with Crippen molar-refractivity contribution in [3.8, 4) is 11.5 Å². The third kappa shape index (κ3) is 7.10. The number of hydrogen-bond donors (Lipinski definition) is 0. The Kier molecular flexibility index (Phi) is 8.63. The van der Waals surface area contributed by atoms with Gasteiger partial charge >= 0.3 is 12.1 Å². The molecule has 2 rings (SSSR count). The molecule has 0 spiro atoms. The molecule has 0 unspecified atom stereocenters. The lowest BCUT2D eigenvalue weighted by molar-refractivity contribution is -0.385. The predicted molar refractivity (Wildman–Crippen MR) is 110 cm³/mol. The lowest BCUT2D eigenvalue weighted by Crippen LogP contribution is -2.13. The van der Waals surface area contributed by atoms with Gasteiger partial charge in [-0.15, -0.1) is 0 Å². The van der Waals surface area contributed by atoms with Crippen molar-refractivity contribution in [1.82, 2.24) is 0 Å². The first-order chi connectivity index (χ1) is 15.6. The van der Waals surface area contributed by atoms with Gasteiger partial charge in [-0.1, -0.05) is 24.3 Å². The average molecular weight is 489 g/mol. The normalized spacial score (nSPS) is 11.5. The number of ether oxygens (including phenoxy) is 3. The zero-order valence-corrected chi connectivity index (χ0v) is 17.7. The van der Waals surface area contributed by atoms with E-state index in [2.05, 4.69) is 11.7 Å². The third-order valence-electron chi connectivity index (χ3n) is 3.77. The third-order valence-corrected chi connectivity index (χ3v) is 4.06. The molecule has 0 aromatic heterocycles. The van der Waals surface area contributed by atoms with Gasteiger partial charge in [-0.05, 0) is 29.4 Å². The van der Waals surface area contributed by atoms with E-state index in [-0.39, 0.29) is 34.6 Å². The summed E-state index contributed by atoms with van der Waals surface area (Å²) in [5.74, 6) is -1.28. The molecule has 33 heavy (non-hydrogen) atoms. The van der Waals surface area contributed by atoms with Crippen molar-refractivity contribution in [1.29, 1.82) is 0 Å². The zero-order chi connectivity index (χ0) is 24.6. The summed E-state index contributed by atoms with van der Waals surface area (Å²) in [6, 6.07) is 5.88. The van der Waals surface area contributed by atoms with Crippen LogP contribution in [0.25, 0.3) is 0 Å². The highest BCUT2D eigenvalue weighted by molar-refractivity contribution is 6.32. The number of nitrogens with zero attached hydrogens (tertiary/aromatic N) is 2. The summed E-state index contributed by atoms with van der Waals surface area (Å²) < 4.78 is 53.6. The summed E-state index contributed by atoms with van der Waals surface area (Å²) in [7, 11) is 1.15. The van der Waals surface area contributed by atoms with Crippen LogP contribution in [0.3, 0.4) is 0 Å². The summed E-state index contributed by atoms with van der Waals surface area (Å²) in [5, 5.41) is 14.6. The molecule has 0 saturated heterocycles. The second kappa shape index (κ2) is 11.2. The fraction of sp³-hybridized carbons (Fsp3) is 0.200. The number of alkyl halides is 3. The SMILES string of the molecule is C=CCOC(=O)CON=C(OC)c1cc(Oc2ccc(C(F)(F)F)cc2Cl)ccc1[N+](=O)[O-]. The maximum atomic E-state index is 12.8. The molecule has 0 fully saturated rings. The summed E-state index contributed by atoms with van der Waals surface area (Å²) in [4.78, 5) is 26.9. The number of methoxy groups -OCH3 is 1. The molecule has 0 heterocycles. The maximum absolute atomic E-state index is 12.8. The van der Waals surface area contributed by atoms with Gasteiger partial charge in [-0.2, -0.15) is 13.2 Å². The van der Waals surface area contributed by atoms with Crippen molar-refractivity contribution in [2.75, 3.05) is 20.3 Å². The van der Waals surface area contributed by atoms with E-state index in [1.54, 1.807) is 0 Å². The van der Waals surface area contributed by atoms with E-state index >= 15 is 0 Å². The number of hydrogen-bond acceptors (Lipinski definition) is 8. The molecule has 0 radical (unpaired) electrons. The van der Waals surface area contributed by atoms with Gasteiger partial charge in [0.25, 0.3) is 11.6 Å². The standard InChI is InChI=1S/C20H16ClF3N2O7/c1-3-8-31-18(27)11-32-25-19(30-2)14-10-13(5-6-16(14)26(28)29)33-17-7-4-12(9-15(17)21)20(22,23)24/h3-7,9-10H,1,8,11H2,2H3. The monoisotopic (exact) mass is 488 g/mol. The fourth-order valence-corrected chi connectivity index (χ4v) is 2.55. The van der Waals surface area contributed by atoms with Gasteiger partial charge in [-0.25, -0.2) is 4.79 Å². The summed E-state index contributed by atoms with van der Waals surface area (Å²) in [5.41, 5.74) is -1.61. The smallest absolute Gasteiger partial charge is 0.416 e. The predicted octanol–water partition coefficient (Wildman–Crippen LogP) is 5.11. The van der Waals surface area contributed by atoms with Crippen molar-refractivity contribution in [3.05, 3.63) is 75.3 Å². The Morgan fingerprint density at radius 3 is 2.58 bits per heavy atom. The van der Waals surface area contributed by atoms with E-state index in [0.717, 1.165) is 31.4 Å². The number of carbonyl (C=O) groups is 1. The first-order valence-corrected chi connectivity index (χ1v) is 9.28. The highest BCUT2D eigenvalue weighted by Gasteiger charge is 2.31. The quantitative estimate of drug-likeness (QED) is 0.120. The number of nitro groups is 1. The van der Waals surface area contributed by atoms with Crippen LogP contribution in [0, 0.1) is 10.1 Å². The molecule has 0 bridgehead atoms. The molecular weight excluding hydrogens is 473 g/mol. The lowest BCUT2D eigenvalue weighted by Gasteiger charge is -2.12. The van der Waals surface area contributed by atoms with Crippen LogP contribution < -0.4 is 4.74 Å². The molecule has 0 aliphatic heterocycles. The molecule has 0 aliphatic carbocycles. The van der Waals surface area contributed by atoms with Gasteiger partial charge in [0.15, 0.2) is 0 Å². The number of nitro benzene ring substituents is 1. The van der Waals surface area contributed by atoms with Gasteiger partial charge in [0, 0.05) is 12.1 Å². The zero-order valence-electron chi connectivity index (χ0n) is 16.9. The van der Waals surface area contributed by atoms with Crippen molar-refractivity contribution in [2.45, 2.75) is 6.18 Å². The largest absolute Gasteiger partial charge is 0.478 e. The van der Waals surface area contributed by atoms with Crippen LogP contribution in [0.4, 0.5) is 18.9 Å². The topological polar surface area (TPSA) is 109 Å². The number of rotatable bonds is 9. The molecule has 13 heteroatoms. The Bertz CT molecular complexity index is 1070. The Balaban J connectivity index is 2.31. The first-order valence-electron chi connectivity index (χ1n) is 8.90. The molecule has 2 aromatic rings. The van der Waals surface area contributed by atoms with Gasteiger partial charge in [-0.3, -0.25) is 10.1 Å². The summed E-state index contributed by atoms with van der Waals surface area (Å²) >= 11 is 5.88. The molecule has 0 N–H and O–H groups in total. The van der Waals surface area contributed by atoms with E-state index in [4.69, 9.17) is 30.6 Å². The number of benzene rings is 2. The van der Waals surface area contributed by atoms with Crippen LogP contribution in [0.2, 0.25) is 5.02 Å². The first kappa shape index (κ1) is 25.5. The van der Waals surface area contributed by atoms with E-state index < -0.39 is 34.9 Å². The minimum Gasteiger partial charge on any atom is -0.478 e. The van der Waals surface area contributed by atoms with Crippen molar-refractivity contribution in [2.24, 2.45) is 5.16 Å². The van der Waals surface area contributed by atoms with Crippen LogP contribution >= 0.6 is 11.6 Å². The number of esters is 1. The van der Waals surface area contributed by atoms with E-state index in [1.807, 2.05) is 0 Å². The Morgan fingerprint density at radius 1 is 1.27 bits per heavy atom. The second-order valence-electron chi connectivity index (χ2n) is 6.03. The molecule has 176 valence electrons. The fourth-order valence-electron chi connectivity index (χ4n) is 2.33. The molecule has 0 aliphatic rings. The number of carbonyl (C=O) groups excluding carboxylic acids is 1. The Morgan fingerprint density at radius 2 is 2.00 bits per heavy atom. The van der Waals surface area contributed by atoms with E-state index in [9.17, 15) is 28.1 Å². The van der Waals surface area contributed by atoms with Gasteiger partial charge in [0.2, 0.25) is 6.61 Å². The van der Waals surface area contributed by atoms with Crippen molar-refractivity contribution >= 4 is 29.2 Å². The molecule has 9 nitrogen and oxygen atoms in total. The summed E-state index contributed by atoms with van der Waals surface area (Å²) in [6.45, 7) is 2.73. The molecule has 0 atom stereocenters. The van der Waals surface area contributed by atoms with Crippen LogP contribution in [0.5, 0.6) is 11.5 Å². The van der Waals surface area contributed by atoms with E-state index in [0.29, 0.717) is 6.07 Å².